The van der Waals surface area contributed by atoms with Gasteiger partial charge in [-0.2, -0.15) is 0 Å². The van der Waals surface area contributed by atoms with E-state index in [1.54, 1.807) is 11.6 Å². The SMILES string of the molecule is C.CC.CC1=C(O)C(=O)C=C2C1=CC=C1C2(C)CCC2C3CC(C)CCC3(C)CCC12C.CN. The van der Waals surface area contributed by atoms with Crippen LogP contribution in [0.4, 0.5) is 0 Å². The van der Waals surface area contributed by atoms with Crippen LogP contribution in [-0.2, 0) is 4.79 Å². The van der Waals surface area contributed by atoms with E-state index in [1.807, 2.05) is 20.8 Å². The number of aliphatic hydroxyl groups excluding tert-OH is 1. The Bertz CT molecular complexity index is 922. The summed E-state index contributed by atoms with van der Waals surface area (Å²) in [6.45, 7) is 15.8. The molecule has 5 aliphatic rings. The fraction of sp³-hybridized carbons (Fsp3) is 0.710. The maximum absolute atomic E-state index is 12.5. The highest BCUT2D eigenvalue weighted by molar-refractivity contribution is 6.06. The van der Waals surface area contributed by atoms with Crippen molar-refractivity contribution in [1.82, 2.24) is 0 Å². The Balaban J connectivity index is 0.000000777. The molecule has 0 aromatic heterocycles. The minimum Gasteiger partial charge on any atom is -0.504 e. The first kappa shape index (κ1) is 28.6. The molecule has 0 aliphatic heterocycles. The number of hydrogen-bond acceptors (Lipinski definition) is 3. The van der Waals surface area contributed by atoms with Gasteiger partial charge in [-0.15, -0.1) is 0 Å². The lowest BCUT2D eigenvalue weighted by molar-refractivity contribution is -0.114. The highest BCUT2D eigenvalue weighted by Gasteiger charge is 2.60. The lowest BCUT2D eigenvalue weighted by Gasteiger charge is -2.64. The van der Waals surface area contributed by atoms with Crippen molar-refractivity contribution < 1.29 is 9.90 Å². The lowest BCUT2D eigenvalue weighted by atomic mass is 9.40. The van der Waals surface area contributed by atoms with Gasteiger partial charge >= 0.3 is 0 Å². The summed E-state index contributed by atoms with van der Waals surface area (Å²) in [4.78, 5) is 12.5. The smallest absolute Gasteiger partial charge is 0.220 e. The molecule has 0 heterocycles. The van der Waals surface area contributed by atoms with Crippen LogP contribution in [0.5, 0.6) is 0 Å². The first-order valence-corrected chi connectivity index (χ1v) is 13.3. The van der Waals surface area contributed by atoms with Crippen molar-refractivity contribution in [2.75, 3.05) is 7.05 Å². The van der Waals surface area contributed by atoms with E-state index in [-0.39, 0.29) is 29.8 Å². The first-order chi connectivity index (χ1) is 15.6. The van der Waals surface area contributed by atoms with Crippen molar-refractivity contribution in [3.05, 3.63) is 46.3 Å². The molecule has 3 saturated carbocycles. The van der Waals surface area contributed by atoms with Gasteiger partial charge in [0.15, 0.2) is 5.76 Å². The Labute approximate surface area is 209 Å². The quantitative estimate of drug-likeness (QED) is 0.377. The van der Waals surface area contributed by atoms with Crippen molar-refractivity contribution >= 4 is 5.78 Å². The number of hydrogen-bond donors (Lipinski definition) is 2. The Morgan fingerprint density at radius 2 is 1.62 bits per heavy atom. The summed E-state index contributed by atoms with van der Waals surface area (Å²) in [6.07, 6.45) is 15.5. The molecule has 5 rings (SSSR count). The van der Waals surface area contributed by atoms with Crippen LogP contribution in [0.3, 0.4) is 0 Å². The molecular weight excluding hydrogens is 418 g/mol. The highest BCUT2D eigenvalue weighted by Crippen LogP contribution is 2.69. The molecule has 5 aliphatic carbocycles. The summed E-state index contributed by atoms with van der Waals surface area (Å²) in [5.74, 6) is 2.13. The van der Waals surface area contributed by atoms with E-state index in [2.05, 4.69) is 45.6 Å². The van der Waals surface area contributed by atoms with Gasteiger partial charge in [-0.05, 0) is 98.3 Å². The molecule has 0 spiro atoms. The van der Waals surface area contributed by atoms with Gasteiger partial charge < -0.3 is 10.8 Å². The third-order valence-electron chi connectivity index (χ3n) is 10.0. The van der Waals surface area contributed by atoms with E-state index in [9.17, 15) is 9.90 Å². The maximum atomic E-state index is 12.5. The van der Waals surface area contributed by atoms with Gasteiger partial charge in [0.05, 0.1) is 0 Å². The maximum Gasteiger partial charge on any atom is 0.220 e. The van der Waals surface area contributed by atoms with Gasteiger partial charge in [0.2, 0.25) is 5.78 Å². The third-order valence-corrected chi connectivity index (χ3v) is 10.0. The van der Waals surface area contributed by atoms with Gasteiger partial charge in [-0.25, -0.2) is 0 Å². The minimum absolute atomic E-state index is 0. The second-order valence-corrected chi connectivity index (χ2v) is 11.6. The molecule has 3 nitrogen and oxygen atoms in total. The molecule has 34 heavy (non-hydrogen) atoms. The van der Waals surface area contributed by atoms with Crippen molar-refractivity contribution in [1.29, 1.82) is 0 Å². The van der Waals surface area contributed by atoms with Crippen molar-refractivity contribution in [2.24, 2.45) is 39.7 Å². The third kappa shape index (κ3) is 4.06. The van der Waals surface area contributed by atoms with Gasteiger partial charge in [0.25, 0.3) is 0 Å². The van der Waals surface area contributed by atoms with E-state index in [4.69, 9.17) is 0 Å². The summed E-state index contributed by atoms with van der Waals surface area (Å²) in [7, 11) is 1.50. The molecule has 0 saturated heterocycles. The van der Waals surface area contributed by atoms with Gasteiger partial charge in [-0.3, -0.25) is 4.79 Å². The zero-order chi connectivity index (χ0) is 24.8. The van der Waals surface area contributed by atoms with Crippen molar-refractivity contribution in [3.8, 4) is 0 Å². The predicted molar refractivity (Wildman–Crippen MR) is 146 cm³/mol. The first-order valence-electron chi connectivity index (χ1n) is 13.3. The van der Waals surface area contributed by atoms with E-state index in [1.165, 1.54) is 45.6 Å². The molecule has 3 fully saturated rings. The summed E-state index contributed by atoms with van der Waals surface area (Å²) >= 11 is 0. The van der Waals surface area contributed by atoms with Crippen LogP contribution in [0.2, 0.25) is 0 Å². The zero-order valence-electron chi connectivity index (χ0n) is 22.3. The van der Waals surface area contributed by atoms with Crippen LogP contribution in [0.15, 0.2) is 46.3 Å². The topological polar surface area (TPSA) is 63.3 Å². The van der Waals surface area contributed by atoms with E-state index >= 15 is 0 Å². The summed E-state index contributed by atoms with van der Waals surface area (Å²) in [6, 6.07) is 0. The number of fused-ring (bicyclic) bond motifs is 7. The van der Waals surface area contributed by atoms with Gasteiger partial charge in [0.1, 0.15) is 0 Å². The number of aliphatic hydroxyl groups is 1. The number of carbonyl (C=O) groups excluding carboxylic acids is 1. The van der Waals surface area contributed by atoms with Crippen LogP contribution >= 0.6 is 0 Å². The molecule has 192 valence electrons. The molecule has 3 heteroatoms. The number of rotatable bonds is 0. The molecule has 6 atom stereocenters. The molecule has 0 amide bonds. The summed E-state index contributed by atoms with van der Waals surface area (Å²) in [5.41, 5.74) is 9.68. The molecule has 0 aromatic rings. The normalized spacial score (nSPS) is 40.1. The largest absolute Gasteiger partial charge is 0.504 e. The molecular formula is C31H51NO2. The Morgan fingerprint density at radius 3 is 2.26 bits per heavy atom. The van der Waals surface area contributed by atoms with Crippen LogP contribution in [0.25, 0.3) is 0 Å². The molecule has 3 N–H and O–H groups in total. The second kappa shape index (κ2) is 10.2. The Morgan fingerprint density at radius 1 is 0.971 bits per heavy atom. The van der Waals surface area contributed by atoms with Crippen molar-refractivity contribution in [3.63, 3.8) is 0 Å². The fourth-order valence-corrected chi connectivity index (χ4v) is 8.08. The summed E-state index contributed by atoms with van der Waals surface area (Å²) in [5, 5.41) is 10.2. The van der Waals surface area contributed by atoms with E-state index in [0.717, 1.165) is 40.9 Å². The number of ketones is 1. The standard InChI is InChI=1S/C27H36O2.C2H6.CH5N.CH4/c1-16-8-10-25(3)12-13-27(5)19(21(25)14-16)9-11-26(4)20-15-22(28)24(29)17(2)18(20)6-7-23(26)27;2*1-2;/h6-7,15-16,19,21,29H,8-14H2,1-5H3;1-2H3;2H2,1H3;1H4. The predicted octanol–water partition coefficient (Wildman–Crippen LogP) is 8.09. The monoisotopic (exact) mass is 469 g/mol. The van der Waals surface area contributed by atoms with Crippen LogP contribution < -0.4 is 5.73 Å². The van der Waals surface area contributed by atoms with E-state index in [0.29, 0.717) is 5.41 Å². The second-order valence-electron chi connectivity index (χ2n) is 11.6. The Kier molecular flexibility index (Phi) is 8.56. The van der Waals surface area contributed by atoms with Crippen molar-refractivity contribution in [2.45, 2.75) is 101 Å². The Hall–Kier alpha value is -1.61. The van der Waals surface area contributed by atoms with Gasteiger partial charge in [-0.1, -0.05) is 73.1 Å². The molecule has 0 aromatic carbocycles. The average Bonchev–Trinajstić information content (AvgIpc) is 2.81. The molecule has 6 unspecified atom stereocenters. The minimum atomic E-state index is -0.221. The molecule has 0 radical (unpaired) electrons. The molecule has 0 bridgehead atoms. The number of nitrogens with two attached hydrogens (primary N) is 1. The lowest BCUT2D eigenvalue weighted by Crippen LogP contribution is -2.55. The average molecular weight is 470 g/mol. The van der Waals surface area contributed by atoms with Crippen LogP contribution in [0.1, 0.15) is 101 Å². The number of carbonyl (C=O) groups is 1. The fourth-order valence-electron chi connectivity index (χ4n) is 8.08. The van der Waals surface area contributed by atoms with Gasteiger partial charge in [0, 0.05) is 11.0 Å². The zero-order valence-corrected chi connectivity index (χ0v) is 22.3. The number of allylic oxidation sites excluding steroid dienone is 7. The van der Waals surface area contributed by atoms with Crippen LogP contribution in [-0.4, -0.2) is 17.9 Å². The summed E-state index contributed by atoms with van der Waals surface area (Å²) < 4.78 is 0. The van der Waals surface area contributed by atoms with Crippen LogP contribution in [0, 0.1) is 34.0 Å². The van der Waals surface area contributed by atoms with E-state index < -0.39 is 0 Å². The highest BCUT2D eigenvalue weighted by atomic mass is 16.3.